The maximum absolute atomic E-state index is 12.4. The minimum atomic E-state index is -0.143. The van der Waals surface area contributed by atoms with Crippen LogP contribution in [0.4, 0.5) is 0 Å². The van der Waals surface area contributed by atoms with E-state index in [0.29, 0.717) is 22.3 Å². The number of halogens is 2. The Morgan fingerprint density at radius 3 is 1.14 bits per heavy atom. The highest BCUT2D eigenvalue weighted by Gasteiger charge is 2.11. The second-order valence-corrected chi connectivity index (χ2v) is 5.72. The lowest BCUT2D eigenvalue weighted by Crippen LogP contribution is -2.05. The Morgan fingerprint density at radius 1 is 0.591 bits per heavy atom. The van der Waals surface area contributed by atoms with Gasteiger partial charge in [-0.3, -0.25) is 14.4 Å². The lowest BCUT2D eigenvalue weighted by molar-refractivity contribution is 0.101. The van der Waals surface area contributed by atoms with Crippen molar-refractivity contribution in [1.82, 2.24) is 0 Å². The van der Waals surface area contributed by atoms with Gasteiger partial charge in [-0.15, -0.1) is 0 Å². The number of benzene rings is 2. The van der Waals surface area contributed by atoms with Crippen LogP contribution in [0.3, 0.4) is 0 Å². The van der Waals surface area contributed by atoms with Crippen LogP contribution in [0.5, 0.6) is 0 Å². The van der Waals surface area contributed by atoms with Gasteiger partial charge in [0.15, 0.2) is 17.3 Å². The molecule has 0 aliphatic rings. The van der Waals surface area contributed by atoms with Crippen LogP contribution in [0.25, 0.3) is 0 Å². The van der Waals surface area contributed by atoms with Crippen molar-refractivity contribution in [2.24, 2.45) is 0 Å². The largest absolute Gasteiger partial charge is 0.293 e. The molecule has 2 aromatic rings. The lowest BCUT2D eigenvalue weighted by Gasteiger charge is -2.04. The standard InChI is InChI=1S/C17H12Br2O3/c18-9-15(20)11-1-5-13(6-2-11)17(22)14-7-3-12(4-8-14)16(21)10-19/h1-8H,9-10H2. The summed E-state index contributed by atoms with van der Waals surface area (Å²) in [5.74, 6) is -0.205. The summed E-state index contributed by atoms with van der Waals surface area (Å²) in [4.78, 5) is 35.4. The van der Waals surface area contributed by atoms with E-state index in [0.717, 1.165) is 0 Å². The van der Waals surface area contributed by atoms with E-state index >= 15 is 0 Å². The zero-order chi connectivity index (χ0) is 16.1. The summed E-state index contributed by atoms with van der Waals surface area (Å²) >= 11 is 6.23. The number of hydrogen-bond donors (Lipinski definition) is 0. The Labute approximate surface area is 145 Å². The van der Waals surface area contributed by atoms with Gasteiger partial charge in [-0.05, 0) is 0 Å². The smallest absolute Gasteiger partial charge is 0.193 e. The number of carbonyl (C=O) groups excluding carboxylic acids is 3. The highest BCUT2D eigenvalue weighted by atomic mass is 79.9. The van der Waals surface area contributed by atoms with Crippen LogP contribution in [-0.4, -0.2) is 28.0 Å². The molecule has 2 aromatic carbocycles. The molecule has 0 aliphatic carbocycles. The number of rotatable bonds is 6. The number of Topliss-reactive ketones (excluding diaryl/α,β-unsaturated/α-hetero) is 2. The molecular formula is C17H12Br2O3. The Balaban J connectivity index is 2.21. The summed E-state index contributed by atoms with van der Waals surface area (Å²) in [6, 6.07) is 13.1. The van der Waals surface area contributed by atoms with Gasteiger partial charge in [0.25, 0.3) is 0 Å². The van der Waals surface area contributed by atoms with E-state index < -0.39 is 0 Å². The molecule has 0 bridgehead atoms. The molecule has 0 spiro atoms. The van der Waals surface area contributed by atoms with E-state index in [1.165, 1.54) is 0 Å². The van der Waals surface area contributed by atoms with Gasteiger partial charge in [0.2, 0.25) is 0 Å². The molecule has 0 N–H and O–H groups in total. The molecule has 0 fully saturated rings. The molecule has 112 valence electrons. The Kier molecular flexibility index (Phi) is 5.80. The topological polar surface area (TPSA) is 51.2 Å². The maximum atomic E-state index is 12.4. The first-order valence-corrected chi connectivity index (χ1v) is 8.74. The van der Waals surface area contributed by atoms with Crippen LogP contribution < -0.4 is 0 Å². The molecule has 3 nitrogen and oxygen atoms in total. The second kappa shape index (κ2) is 7.61. The Morgan fingerprint density at radius 2 is 0.864 bits per heavy atom. The molecule has 22 heavy (non-hydrogen) atoms. The molecule has 0 saturated heterocycles. The molecular weight excluding hydrogens is 412 g/mol. The van der Waals surface area contributed by atoms with Crippen molar-refractivity contribution in [2.45, 2.75) is 0 Å². The van der Waals surface area contributed by atoms with E-state index in [-0.39, 0.29) is 28.0 Å². The van der Waals surface area contributed by atoms with E-state index in [2.05, 4.69) is 31.9 Å². The summed E-state index contributed by atoms with van der Waals surface area (Å²) in [5, 5.41) is 0.507. The van der Waals surface area contributed by atoms with Gasteiger partial charge in [0.05, 0.1) is 10.7 Å². The molecule has 2 rings (SSSR count). The van der Waals surface area contributed by atoms with Crippen LogP contribution in [0.15, 0.2) is 48.5 Å². The Bertz CT molecular complexity index is 642. The zero-order valence-corrected chi connectivity index (χ0v) is 14.7. The highest BCUT2D eigenvalue weighted by molar-refractivity contribution is 9.09. The van der Waals surface area contributed by atoms with Crippen LogP contribution in [0, 0.1) is 0 Å². The average Bonchev–Trinajstić information content (AvgIpc) is 2.60. The number of ketones is 3. The summed E-state index contributed by atoms with van der Waals surface area (Å²) in [7, 11) is 0. The van der Waals surface area contributed by atoms with Crippen molar-refractivity contribution < 1.29 is 14.4 Å². The molecule has 0 saturated carbocycles. The number of alkyl halides is 2. The molecule has 0 aromatic heterocycles. The molecule has 0 radical (unpaired) electrons. The predicted octanol–water partition coefficient (Wildman–Crippen LogP) is 4.07. The average molecular weight is 424 g/mol. The van der Waals surface area contributed by atoms with E-state index in [4.69, 9.17) is 0 Å². The van der Waals surface area contributed by atoms with Gasteiger partial charge in [-0.2, -0.15) is 0 Å². The summed E-state index contributed by atoms with van der Waals surface area (Å²) in [5.41, 5.74) is 2.13. The zero-order valence-electron chi connectivity index (χ0n) is 11.5. The fraction of sp³-hybridized carbons (Fsp3) is 0.118. The van der Waals surface area contributed by atoms with Crippen molar-refractivity contribution in [3.63, 3.8) is 0 Å². The van der Waals surface area contributed by atoms with Crippen molar-refractivity contribution in [1.29, 1.82) is 0 Å². The number of hydrogen-bond acceptors (Lipinski definition) is 3. The normalized spacial score (nSPS) is 10.3. The molecule has 0 unspecified atom stereocenters. The first-order chi connectivity index (χ1) is 10.6. The highest BCUT2D eigenvalue weighted by Crippen LogP contribution is 2.14. The third-order valence-electron chi connectivity index (χ3n) is 3.18. The first-order valence-electron chi connectivity index (χ1n) is 6.50. The van der Waals surface area contributed by atoms with E-state index in [1.807, 2.05) is 0 Å². The van der Waals surface area contributed by atoms with Gasteiger partial charge in [-0.25, -0.2) is 0 Å². The second-order valence-electron chi connectivity index (χ2n) is 4.60. The molecule has 0 atom stereocenters. The molecule has 0 aliphatic heterocycles. The third-order valence-corrected chi connectivity index (χ3v) is 4.20. The third kappa shape index (κ3) is 3.78. The summed E-state index contributed by atoms with van der Waals surface area (Å²) in [6.45, 7) is 0. The van der Waals surface area contributed by atoms with Gasteiger partial charge in [0, 0.05) is 22.3 Å². The fourth-order valence-electron chi connectivity index (χ4n) is 1.94. The first kappa shape index (κ1) is 16.8. The van der Waals surface area contributed by atoms with Crippen molar-refractivity contribution in [3.05, 3.63) is 70.8 Å². The van der Waals surface area contributed by atoms with Crippen LogP contribution >= 0.6 is 31.9 Å². The minimum absolute atomic E-state index is 0.0309. The molecule has 0 amide bonds. The fourth-order valence-corrected chi connectivity index (χ4v) is 2.58. The van der Waals surface area contributed by atoms with Gasteiger partial charge in [-0.1, -0.05) is 80.4 Å². The quantitative estimate of drug-likeness (QED) is 0.519. The van der Waals surface area contributed by atoms with Crippen molar-refractivity contribution >= 4 is 49.2 Å². The van der Waals surface area contributed by atoms with Gasteiger partial charge in [0.1, 0.15) is 0 Å². The van der Waals surface area contributed by atoms with Gasteiger partial charge >= 0.3 is 0 Å². The molecule has 0 heterocycles. The van der Waals surface area contributed by atoms with E-state index in [9.17, 15) is 14.4 Å². The minimum Gasteiger partial charge on any atom is -0.293 e. The predicted molar refractivity (Wildman–Crippen MR) is 92.6 cm³/mol. The monoisotopic (exact) mass is 422 g/mol. The van der Waals surface area contributed by atoms with Crippen LogP contribution in [0.1, 0.15) is 36.6 Å². The van der Waals surface area contributed by atoms with E-state index in [1.54, 1.807) is 48.5 Å². The Hall–Kier alpha value is -1.59. The van der Waals surface area contributed by atoms with Crippen LogP contribution in [0.2, 0.25) is 0 Å². The summed E-state index contributed by atoms with van der Waals surface area (Å²) in [6.07, 6.45) is 0. The maximum Gasteiger partial charge on any atom is 0.193 e. The van der Waals surface area contributed by atoms with Crippen molar-refractivity contribution in [2.75, 3.05) is 10.7 Å². The SMILES string of the molecule is O=C(CBr)c1ccc(C(=O)c2ccc(C(=O)CBr)cc2)cc1. The van der Waals surface area contributed by atoms with Gasteiger partial charge < -0.3 is 0 Å². The van der Waals surface area contributed by atoms with Crippen molar-refractivity contribution in [3.8, 4) is 0 Å². The lowest BCUT2D eigenvalue weighted by atomic mass is 9.99. The summed E-state index contributed by atoms with van der Waals surface area (Å²) < 4.78 is 0. The molecule has 5 heteroatoms. The number of carbonyl (C=O) groups is 3. The van der Waals surface area contributed by atoms with Crippen LogP contribution in [-0.2, 0) is 0 Å².